The molecule has 0 aromatic heterocycles. The minimum atomic E-state index is -0.384. The number of rotatable bonds is 8. The highest BCUT2D eigenvalue weighted by Crippen LogP contribution is 2.15. The third kappa shape index (κ3) is 6.72. The van der Waals surface area contributed by atoms with Gasteiger partial charge in [0.2, 0.25) is 11.8 Å². The highest BCUT2D eigenvalue weighted by molar-refractivity contribution is 5.93. The van der Waals surface area contributed by atoms with Crippen molar-refractivity contribution < 1.29 is 18.7 Å². The Hall–Kier alpha value is -3.22. The second-order valence-electron chi connectivity index (χ2n) is 5.35. The maximum atomic E-state index is 12.8. The van der Waals surface area contributed by atoms with Crippen LogP contribution < -0.4 is 15.5 Å². The summed E-state index contributed by atoms with van der Waals surface area (Å²) in [7, 11) is 0. The van der Waals surface area contributed by atoms with Crippen LogP contribution in [-0.2, 0) is 9.59 Å². The first-order valence-corrected chi connectivity index (χ1v) is 8.17. The van der Waals surface area contributed by atoms with Crippen LogP contribution in [0.3, 0.4) is 0 Å². The van der Waals surface area contributed by atoms with E-state index in [0.29, 0.717) is 17.9 Å². The predicted molar refractivity (Wildman–Crippen MR) is 97.6 cm³/mol. The fourth-order valence-corrected chi connectivity index (χ4v) is 2.04. The van der Waals surface area contributed by atoms with Gasteiger partial charge in [0.25, 0.3) is 0 Å². The van der Waals surface area contributed by atoms with Gasteiger partial charge >= 0.3 is 0 Å². The molecule has 0 aliphatic heterocycles. The molecule has 0 bridgehead atoms. The van der Waals surface area contributed by atoms with Crippen LogP contribution in [-0.4, -0.2) is 24.6 Å². The molecule has 0 heterocycles. The molecule has 2 aromatic rings. The van der Waals surface area contributed by atoms with E-state index in [-0.39, 0.29) is 30.5 Å². The number of nitrogens with one attached hydrogen (secondary N) is 2. The molecule has 26 heavy (non-hydrogen) atoms. The average molecular weight is 357 g/mol. The lowest BCUT2D eigenvalue weighted by Gasteiger charge is -2.07. The first kappa shape index (κ1) is 19.1. The molecular formula is C19H20FN3O3. The smallest absolute Gasteiger partial charge is 0.240 e. The average Bonchev–Trinajstić information content (AvgIpc) is 2.63. The molecule has 0 spiro atoms. The highest BCUT2D eigenvalue weighted by atomic mass is 19.1. The van der Waals surface area contributed by atoms with Crippen LogP contribution >= 0.6 is 0 Å². The van der Waals surface area contributed by atoms with Gasteiger partial charge < -0.3 is 10.1 Å². The van der Waals surface area contributed by atoms with Crippen LogP contribution in [0.5, 0.6) is 5.75 Å². The van der Waals surface area contributed by atoms with Crippen molar-refractivity contribution in [1.82, 2.24) is 5.43 Å². The first-order chi connectivity index (χ1) is 12.6. The summed E-state index contributed by atoms with van der Waals surface area (Å²) in [5.41, 5.74) is 3.61. The molecule has 7 heteroatoms. The van der Waals surface area contributed by atoms with Crippen molar-refractivity contribution in [3.05, 3.63) is 59.9 Å². The molecule has 0 fully saturated rings. The van der Waals surface area contributed by atoms with Gasteiger partial charge in [0.1, 0.15) is 11.6 Å². The van der Waals surface area contributed by atoms with E-state index in [2.05, 4.69) is 15.8 Å². The number of hydrogen-bond donors (Lipinski definition) is 2. The number of ether oxygens (including phenoxy) is 1. The van der Waals surface area contributed by atoms with Gasteiger partial charge in [-0.1, -0.05) is 12.1 Å². The van der Waals surface area contributed by atoms with Crippen molar-refractivity contribution in [2.75, 3.05) is 11.9 Å². The molecular weight excluding hydrogens is 337 g/mol. The second-order valence-corrected chi connectivity index (χ2v) is 5.35. The van der Waals surface area contributed by atoms with Crippen molar-refractivity contribution in [2.24, 2.45) is 5.10 Å². The zero-order chi connectivity index (χ0) is 18.8. The van der Waals surface area contributed by atoms with Crippen molar-refractivity contribution >= 4 is 23.7 Å². The van der Waals surface area contributed by atoms with E-state index in [1.165, 1.54) is 30.5 Å². The Bertz CT molecular complexity index is 759. The molecule has 6 nitrogen and oxygen atoms in total. The summed E-state index contributed by atoms with van der Waals surface area (Å²) in [6, 6.07) is 12.7. The lowest BCUT2D eigenvalue weighted by atomic mass is 10.2. The van der Waals surface area contributed by atoms with E-state index in [0.717, 1.165) is 5.75 Å². The Labute approximate surface area is 151 Å². The summed E-state index contributed by atoms with van der Waals surface area (Å²) in [5, 5.41) is 6.47. The van der Waals surface area contributed by atoms with E-state index < -0.39 is 0 Å². The van der Waals surface area contributed by atoms with Crippen LogP contribution in [0.2, 0.25) is 0 Å². The number of hydrogen-bond acceptors (Lipinski definition) is 4. The zero-order valence-corrected chi connectivity index (χ0v) is 14.4. The van der Waals surface area contributed by atoms with Gasteiger partial charge in [-0.2, -0.15) is 5.10 Å². The van der Waals surface area contributed by atoms with Crippen LogP contribution in [0.1, 0.15) is 25.3 Å². The molecule has 0 radical (unpaired) electrons. The van der Waals surface area contributed by atoms with Crippen molar-refractivity contribution in [2.45, 2.75) is 19.8 Å². The molecule has 2 aromatic carbocycles. The predicted octanol–water partition coefficient (Wildman–Crippen LogP) is 3.09. The molecule has 0 saturated heterocycles. The maximum Gasteiger partial charge on any atom is 0.240 e. The van der Waals surface area contributed by atoms with Crippen molar-refractivity contribution in [3.63, 3.8) is 0 Å². The Morgan fingerprint density at radius 2 is 1.69 bits per heavy atom. The van der Waals surface area contributed by atoms with Crippen LogP contribution in [0.4, 0.5) is 10.1 Å². The molecule has 0 atom stereocenters. The lowest BCUT2D eigenvalue weighted by molar-refractivity contribution is -0.124. The number of halogens is 1. The van der Waals surface area contributed by atoms with Crippen LogP contribution in [0.25, 0.3) is 0 Å². The topological polar surface area (TPSA) is 79.8 Å². The van der Waals surface area contributed by atoms with Crippen molar-refractivity contribution in [3.8, 4) is 5.75 Å². The Morgan fingerprint density at radius 3 is 2.35 bits per heavy atom. The largest absolute Gasteiger partial charge is 0.494 e. The van der Waals surface area contributed by atoms with E-state index >= 15 is 0 Å². The molecule has 0 aliphatic carbocycles. The van der Waals surface area contributed by atoms with Gasteiger partial charge in [-0.25, -0.2) is 9.82 Å². The minimum Gasteiger partial charge on any atom is -0.494 e. The summed E-state index contributed by atoms with van der Waals surface area (Å²) >= 11 is 0. The van der Waals surface area contributed by atoms with E-state index in [1.807, 2.05) is 6.92 Å². The van der Waals surface area contributed by atoms with E-state index in [4.69, 9.17) is 4.74 Å². The number of hydrazone groups is 1. The monoisotopic (exact) mass is 357 g/mol. The standard InChI is InChI=1S/C19H20FN3O3/c1-2-26-17-9-7-16(8-10-17)22-18(24)11-12-19(25)23-21-13-14-3-5-15(20)6-4-14/h3-10,13H,2,11-12H2,1H3,(H,22,24)(H,23,25)/b21-13+. The van der Waals surface area contributed by atoms with Crippen molar-refractivity contribution in [1.29, 1.82) is 0 Å². The number of benzene rings is 2. The van der Waals surface area contributed by atoms with Gasteiger partial charge in [-0.05, 0) is 48.9 Å². The number of anilines is 1. The normalized spacial score (nSPS) is 10.5. The SMILES string of the molecule is CCOc1ccc(NC(=O)CCC(=O)N/N=C/c2ccc(F)cc2)cc1. The number of carbonyl (C=O) groups excluding carboxylic acids is 2. The summed E-state index contributed by atoms with van der Waals surface area (Å²) < 4.78 is 18.1. The van der Waals surface area contributed by atoms with Gasteiger partial charge in [-0.15, -0.1) is 0 Å². The summed E-state index contributed by atoms with van der Waals surface area (Å²) in [6.07, 6.45) is 1.44. The Balaban J connectivity index is 1.70. The number of nitrogens with zero attached hydrogens (tertiary/aromatic N) is 1. The molecule has 0 unspecified atom stereocenters. The minimum absolute atomic E-state index is 0.00359. The lowest BCUT2D eigenvalue weighted by Crippen LogP contribution is -2.20. The van der Waals surface area contributed by atoms with E-state index in [1.54, 1.807) is 24.3 Å². The third-order valence-electron chi connectivity index (χ3n) is 3.30. The molecule has 136 valence electrons. The maximum absolute atomic E-state index is 12.8. The molecule has 0 saturated carbocycles. The molecule has 2 rings (SSSR count). The Kier molecular flexibility index (Phi) is 7.30. The fraction of sp³-hybridized carbons (Fsp3) is 0.211. The van der Waals surface area contributed by atoms with Gasteiger partial charge in [0.15, 0.2) is 0 Å². The summed E-state index contributed by atoms with van der Waals surface area (Å²) in [6.45, 7) is 2.47. The van der Waals surface area contributed by atoms with Crippen LogP contribution in [0.15, 0.2) is 53.6 Å². The fourth-order valence-electron chi connectivity index (χ4n) is 2.04. The Morgan fingerprint density at radius 1 is 1.04 bits per heavy atom. The van der Waals surface area contributed by atoms with Gasteiger partial charge in [0, 0.05) is 18.5 Å². The zero-order valence-electron chi connectivity index (χ0n) is 14.4. The van der Waals surface area contributed by atoms with E-state index in [9.17, 15) is 14.0 Å². The molecule has 2 amide bonds. The summed E-state index contributed by atoms with van der Waals surface area (Å²) in [4.78, 5) is 23.5. The summed E-state index contributed by atoms with van der Waals surface area (Å²) in [5.74, 6) is -0.273. The molecule has 0 aliphatic rings. The number of amides is 2. The van der Waals surface area contributed by atoms with Gasteiger partial charge in [0.05, 0.1) is 12.8 Å². The second kappa shape index (κ2) is 9.93. The number of carbonyl (C=O) groups is 2. The van der Waals surface area contributed by atoms with Gasteiger partial charge in [-0.3, -0.25) is 9.59 Å². The third-order valence-corrected chi connectivity index (χ3v) is 3.30. The van der Waals surface area contributed by atoms with Crippen LogP contribution in [0, 0.1) is 5.82 Å². The molecule has 2 N–H and O–H groups in total. The highest BCUT2D eigenvalue weighted by Gasteiger charge is 2.07. The quantitative estimate of drug-likeness (QED) is 0.563. The first-order valence-electron chi connectivity index (χ1n) is 8.17.